The predicted octanol–water partition coefficient (Wildman–Crippen LogP) is 4.29. The first kappa shape index (κ1) is 21.6. The molecule has 1 aromatic carbocycles. The number of pyridine rings is 1. The third-order valence-electron chi connectivity index (χ3n) is 5.20. The minimum absolute atomic E-state index is 0.112. The number of unbranched alkanes of at least 4 members (excludes halogenated alkanes) is 2. The third-order valence-corrected chi connectivity index (χ3v) is 5.20. The largest absolute Gasteiger partial charge is 0.351 e. The number of anilines is 1. The standard InChI is InChI=1S/C24H30N4O2/c1-4-27(20-12-10-11-18(2)17-20)22(29)14-6-5-8-15-25-24(30)23-19(3)26-21-13-7-9-16-28(21)23/h7,9-13,16-17H,4-6,8,14-15H2,1-3H3,(H,25,30). The summed E-state index contributed by atoms with van der Waals surface area (Å²) in [5, 5.41) is 2.98. The SMILES string of the molecule is CCN(C(=O)CCCCCNC(=O)c1c(C)nc2ccccn12)c1cccc(C)c1. The van der Waals surface area contributed by atoms with Gasteiger partial charge >= 0.3 is 0 Å². The number of carbonyl (C=O) groups is 2. The number of nitrogens with one attached hydrogen (secondary N) is 1. The van der Waals surface area contributed by atoms with Crippen molar-refractivity contribution in [1.82, 2.24) is 14.7 Å². The Morgan fingerprint density at radius 1 is 1.07 bits per heavy atom. The Morgan fingerprint density at radius 2 is 1.90 bits per heavy atom. The van der Waals surface area contributed by atoms with Crippen LogP contribution in [0.15, 0.2) is 48.7 Å². The average molecular weight is 407 g/mol. The van der Waals surface area contributed by atoms with Crippen LogP contribution >= 0.6 is 0 Å². The van der Waals surface area contributed by atoms with E-state index >= 15 is 0 Å². The number of fused-ring (bicyclic) bond motifs is 1. The molecule has 2 amide bonds. The maximum Gasteiger partial charge on any atom is 0.270 e. The molecule has 158 valence electrons. The van der Waals surface area contributed by atoms with Gasteiger partial charge in [0.15, 0.2) is 0 Å². The number of nitrogens with zero attached hydrogens (tertiary/aromatic N) is 3. The van der Waals surface area contributed by atoms with Gasteiger partial charge in [-0.05, 0) is 63.4 Å². The van der Waals surface area contributed by atoms with Gasteiger partial charge in [0, 0.05) is 31.4 Å². The van der Waals surface area contributed by atoms with Crippen LogP contribution in [-0.4, -0.2) is 34.3 Å². The van der Waals surface area contributed by atoms with Crippen molar-refractivity contribution in [2.45, 2.75) is 46.5 Å². The Hall–Kier alpha value is -3.15. The summed E-state index contributed by atoms with van der Waals surface area (Å²) in [5.41, 5.74) is 4.18. The zero-order valence-corrected chi connectivity index (χ0v) is 18.0. The van der Waals surface area contributed by atoms with Gasteiger partial charge in [0.2, 0.25) is 5.91 Å². The number of imidazole rings is 1. The van der Waals surface area contributed by atoms with Gasteiger partial charge in [-0.25, -0.2) is 4.98 Å². The summed E-state index contributed by atoms with van der Waals surface area (Å²) in [6, 6.07) is 13.7. The Labute approximate surface area is 177 Å². The van der Waals surface area contributed by atoms with Crippen LogP contribution in [0.5, 0.6) is 0 Å². The highest BCUT2D eigenvalue weighted by molar-refractivity contribution is 5.94. The molecule has 0 fully saturated rings. The lowest BCUT2D eigenvalue weighted by molar-refractivity contribution is -0.118. The number of aryl methyl sites for hydroxylation is 2. The number of amides is 2. The van der Waals surface area contributed by atoms with E-state index in [9.17, 15) is 9.59 Å². The van der Waals surface area contributed by atoms with Gasteiger partial charge in [0.25, 0.3) is 5.91 Å². The molecule has 2 aromatic heterocycles. The van der Waals surface area contributed by atoms with E-state index in [-0.39, 0.29) is 11.8 Å². The average Bonchev–Trinajstić information content (AvgIpc) is 3.06. The van der Waals surface area contributed by atoms with E-state index in [1.165, 1.54) is 0 Å². The van der Waals surface area contributed by atoms with E-state index in [1.54, 1.807) is 0 Å². The molecule has 0 saturated heterocycles. The highest BCUT2D eigenvalue weighted by Crippen LogP contribution is 2.17. The summed E-state index contributed by atoms with van der Waals surface area (Å²) in [6.45, 7) is 7.13. The molecule has 0 aliphatic heterocycles. The lowest BCUT2D eigenvalue weighted by atomic mass is 10.1. The summed E-state index contributed by atoms with van der Waals surface area (Å²) in [6.07, 6.45) is 4.91. The van der Waals surface area contributed by atoms with Gasteiger partial charge in [0.05, 0.1) is 5.69 Å². The molecule has 1 N–H and O–H groups in total. The van der Waals surface area contributed by atoms with Crippen LogP contribution in [0, 0.1) is 13.8 Å². The summed E-state index contributed by atoms with van der Waals surface area (Å²) in [5.74, 6) is 0.0346. The maximum atomic E-state index is 12.6. The van der Waals surface area contributed by atoms with Crippen molar-refractivity contribution in [3.8, 4) is 0 Å². The van der Waals surface area contributed by atoms with Crippen molar-refractivity contribution >= 4 is 23.1 Å². The molecule has 0 radical (unpaired) electrons. The summed E-state index contributed by atoms with van der Waals surface area (Å²) in [7, 11) is 0. The fourth-order valence-electron chi connectivity index (χ4n) is 3.68. The molecule has 30 heavy (non-hydrogen) atoms. The van der Waals surface area contributed by atoms with E-state index in [0.29, 0.717) is 25.2 Å². The van der Waals surface area contributed by atoms with Crippen LogP contribution in [0.4, 0.5) is 5.69 Å². The first-order valence-electron chi connectivity index (χ1n) is 10.6. The second kappa shape index (κ2) is 10.1. The predicted molar refractivity (Wildman–Crippen MR) is 120 cm³/mol. The van der Waals surface area contributed by atoms with E-state index in [4.69, 9.17) is 0 Å². The topological polar surface area (TPSA) is 66.7 Å². The number of hydrogen-bond donors (Lipinski definition) is 1. The number of rotatable bonds is 9. The van der Waals surface area contributed by atoms with E-state index in [1.807, 2.05) is 78.7 Å². The molecule has 0 atom stereocenters. The highest BCUT2D eigenvalue weighted by atomic mass is 16.2. The number of benzene rings is 1. The minimum atomic E-state index is -0.112. The smallest absolute Gasteiger partial charge is 0.270 e. The van der Waals surface area contributed by atoms with Crippen molar-refractivity contribution in [2.24, 2.45) is 0 Å². The highest BCUT2D eigenvalue weighted by Gasteiger charge is 2.16. The van der Waals surface area contributed by atoms with Crippen LogP contribution in [0.2, 0.25) is 0 Å². The Morgan fingerprint density at radius 3 is 2.67 bits per heavy atom. The molecule has 0 unspecified atom stereocenters. The van der Waals surface area contributed by atoms with Crippen LogP contribution in [0.1, 0.15) is 54.4 Å². The Kier molecular flexibility index (Phi) is 7.22. The molecule has 6 heteroatoms. The normalized spacial score (nSPS) is 10.9. The van der Waals surface area contributed by atoms with Gasteiger partial charge in [-0.3, -0.25) is 14.0 Å². The fraction of sp³-hybridized carbons (Fsp3) is 0.375. The lowest BCUT2D eigenvalue weighted by Crippen LogP contribution is -2.30. The molecular formula is C24H30N4O2. The summed E-state index contributed by atoms with van der Waals surface area (Å²) in [4.78, 5) is 31.4. The lowest BCUT2D eigenvalue weighted by Gasteiger charge is -2.21. The monoisotopic (exact) mass is 406 g/mol. The number of carbonyl (C=O) groups excluding carboxylic acids is 2. The van der Waals surface area contributed by atoms with E-state index in [0.717, 1.165) is 41.9 Å². The number of aromatic nitrogens is 2. The molecule has 6 nitrogen and oxygen atoms in total. The molecule has 0 aliphatic carbocycles. The molecule has 0 spiro atoms. The zero-order chi connectivity index (χ0) is 21.5. The van der Waals surface area contributed by atoms with Crippen LogP contribution in [0.25, 0.3) is 5.65 Å². The van der Waals surface area contributed by atoms with Gasteiger partial charge in [-0.1, -0.05) is 24.6 Å². The zero-order valence-electron chi connectivity index (χ0n) is 18.0. The third kappa shape index (κ3) is 5.06. The van der Waals surface area contributed by atoms with Gasteiger partial charge in [-0.15, -0.1) is 0 Å². The summed E-state index contributed by atoms with van der Waals surface area (Å²) < 4.78 is 1.81. The second-order valence-corrected chi connectivity index (χ2v) is 7.52. The molecule has 0 saturated carbocycles. The van der Waals surface area contributed by atoms with Crippen molar-refractivity contribution in [3.63, 3.8) is 0 Å². The van der Waals surface area contributed by atoms with Crippen LogP contribution < -0.4 is 10.2 Å². The van der Waals surface area contributed by atoms with Crippen molar-refractivity contribution < 1.29 is 9.59 Å². The molecule has 3 aromatic rings. The van der Waals surface area contributed by atoms with Gasteiger partial charge < -0.3 is 10.2 Å². The van der Waals surface area contributed by atoms with Crippen molar-refractivity contribution in [3.05, 3.63) is 65.6 Å². The molecule has 3 rings (SSSR count). The van der Waals surface area contributed by atoms with Crippen molar-refractivity contribution in [2.75, 3.05) is 18.0 Å². The fourth-order valence-corrected chi connectivity index (χ4v) is 3.68. The van der Waals surface area contributed by atoms with Crippen LogP contribution in [-0.2, 0) is 4.79 Å². The molecule has 2 heterocycles. The first-order valence-corrected chi connectivity index (χ1v) is 10.6. The quantitative estimate of drug-likeness (QED) is 0.539. The molecular weight excluding hydrogens is 376 g/mol. The van der Waals surface area contributed by atoms with Gasteiger partial charge in [-0.2, -0.15) is 0 Å². The maximum absolute atomic E-state index is 12.6. The first-order chi connectivity index (χ1) is 14.5. The van der Waals surface area contributed by atoms with E-state index < -0.39 is 0 Å². The van der Waals surface area contributed by atoms with E-state index in [2.05, 4.69) is 10.3 Å². The number of hydrogen-bond acceptors (Lipinski definition) is 3. The van der Waals surface area contributed by atoms with Crippen LogP contribution in [0.3, 0.4) is 0 Å². The van der Waals surface area contributed by atoms with Crippen molar-refractivity contribution in [1.29, 1.82) is 0 Å². The summed E-state index contributed by atoms with van der Waals surface area (Å²) >= 11 is 0. The molecule has 0 bridgehead atoms. The molecule has 0 aliphatic rings. The minimum Gasteiger partial charge on any atom is -0.351 e. The Balaban J connectivity index is 1.42. The second-order valence-electron chi connectivity index (χ2n) is 7.52. The Bertz CT molecular complexity index is 1020. The van der Waals surface area contributed by atoms with Gasteiger partial charge in [0.1, 0.15) is 11.3 Å².